The summed E-state index contributed by atoms with van der Waals surface area (Å²) in [4.78, 5) is 41.4. The van der Waals surface area contributed by atoms with E-state index >= 15 is 0 Å². The van der Waals surface area contributed by atoms with Gasteiger partial charge >= 0.3 is 11.8 Å². The Morgan fingerprint density at radius 1 is 1.05 bits per heavy atom. The minimum atomic E-state index is -0.795. The lowest BCUT2D eigenvalue weighted by Gasteiger charge is -2.26. The van der Waals surface area contributed by atoms with Crippen molar-refractivity contribution in [3.8, 4) is 17.1 Å². The van der Waals surface area contributed by atoms with Gasteiger partial charge in [0.2, 0.25) is 5.91 Å². The monoisotopic (exact) mass is 506 g/mol. The normalized spacial score (nSPS) is 15.2. The third-order valence-corrected chi connectivity index (χ3v) is 5.98. The van der Waals surface area contributed by atoms with Gasteiger partial charge in [-0.15, -0.1) is 0 Å². The van der Waals surface area contributed by atoms with E-state index in [0.29, 0.717) is 48.1 Å². The molecule has 0 bridgehead atoms. The zero-order valence-electron chi connectivity index (χ0n) is 21.0. The molecule has 1 saturated heterocycles. The van der Waals surface area contributed by atoms with Crippen LogP contribution in [0.4, 0.5) is 11.4 Å². The Kier molecular flexibility index (Phi) is 7.88. The SMILES string of the molecule is COc1cc(NC(=O)C(=O)NC(C)(C)Cc2ccc(NC(=O)C3CCOC3)cc2)ccc1-c1cnco1. The third kappa shape index (κ3) is 6.73. The van der Waals surface area contributed by atoms with E-state index in [0.717, 1.165) is 12.0 Å². The molecule has 0 saturated carbocycles. The second-order valence-corrected chi connectivity index (χ2v) is 9.50. The summed E-state index contributed by atoms with van der Waals surface area (Å²) in [5.41, 5.74) is 2.02. The lowest BCUT2D eigenvalue weighted by atomic mass is 9.94. The van der Waals surface area contributed by atoms with Gasteiger partial charge in [-0.25, -0.2) is 4.98 Å². The van der Waals surface area contributed by atoms with Crippen molar-refractivity contribution in [1.82, 2.24) is 10.3 Å². The number of anilines is 2. The fourth-order valence-electron chi connectivity index (χ4n) is 4.12. The van der Waals surface area contributed by atoms with E-state index in [1.807, 2.05) is 38.1 Å². The number of ether oxygens (including phenoxy) is 2. The summed E-state index contributed by atoms with van der Waals surface area (Å²) in [6.07, 6.45) is 4.08. The molecule has 1 unspecified atom stereocenters. The highest BCUT2D eigenvalue weighted by Gasteiger charge is 2.26. The predicted molar refractivity (Wildman–Crippen MR) is 137 cm³/mol. The van der Waals surface area contributed by atoms with E-state index in [-0.39, 0.29) is 11.8 Å². The number of methoxy groups -OCH3 is 1. The summed E-state index contributed by atoms with van der Waals surface area (Å²) in [5.74, 6) is -0.733. The maximum atomic E-state index is 12.6. The molecule has 3 aromatic rings. The summed E-state index contributed by atoms with van der Waals surface area (Å²) in [5, 5.41) is 8.28. The van der Waals surface area contributed by atoms with Crippen LogP contribution in [-0.4, -0.2) is 48.6 Å². The number of hydrogen-bond acceptors (Lipinski definition) is 7. The molecule has 1 aromatic heterocycles. The molecule has 2 heterocycles. The molecule has 37 heavy (non-hydrogen) atoms. The van der Waals surface area contributed by atoms with Gasteiger partial charge in [-0.05, 0) is 56.5 Å². The van der Waals surface area contributed by atoms with Crippen LogP contribution in [0.3, 0.4) is 0 Å². The van der Waals surface area contributed by atoms with Crippen LogP contribution in [0.25, 0.3) is 11.3 Å². The number of carbonyl (C=O) groups excluding carboxylic acids is 3. The van der Waals surface area contributed by atoms with Crippen molar-refractivity contribution in [2.45, 2.75) is 32.2 Å². The van der Waals surface area contributed by atoms with Crippen LogP contribution in [0, 0.1) is 5.92 Å². The van der Waals surface area contributed by atoms with Gasteiger partial charge in [0.05, 0.1) is 31.4 Å². The van der Waals surface area contributed by atoms with Crippen molar-refractivity contribution in [1.29, 1.82) is 0 Å². The number of rotatable bonds is 8. The molecule has 0 radical (unpaired) electrons. The van der Waals surface area contributed by atoms with Crippen molar-refractivity contribution in [3.63, 3.8) is 0 Å². The second kappa shape index (κ2) is 11.3. The molecule has 3 N–H and O–H groups in total. The lowest BCUT2D eigenvalue weighted by molar-refractivity contribution is -0.137. The van der Waals surface area contributed by atoms with Gasteiger partial charge in [-0.2, -0.15) is 0 Å². The maximum absolute atomic E-state index is 12.6. The first-order valence-electron chi connectivity index (χ1n) is 11.9. The molecule has 10 nitrogen and oxygen atoms in total. The minimum Gasteiger partial charge on any atom is -0.496 e. The lowest BCUT2D eigenvalue weighted by Crippen LogP contribution is -2.49. The fraction of sp³-hybridized carbons (Fsp3) is 0.333. The number of aromatic nitrogens is 1. The first-order chi connectivity index (χ1) is 17.7. The highest BCUT2D eigenvalue weighted by Crippen LogP contribution is 2.32. The van der Waals surface area contributed by atoms with E-state index in [1.165, 1.54) is 13.5 Å². The number of oxazole rings is 1. The largest absolute Gasteiger partial charge is 0.496 e. The zero-order chi connectivity index (χ0) is 26.4. The summed E-state index contributed by atoms with van der Waals surface area (Å²) in [6.45, 7) is 4.74. The fourth-order valence-corrected chi connectivity index (χ4v) is 4.12. The third-order valence-electron chi connectivity index (χ3n) is 5.98. The van der Waals surface area contributed by atoms with Crippen molar-refractivity contribution in [2.75, 3.05) is 31.0 Å². The first kappa shape index (κ1) is 25.9. The molecule has 194 valence electrons. The van der Waals surface area contributed by atoms with Gasteiger partial charge < -0.3 is 29.8 Å². The number of amides is 3. The van der Waals surface area contributed by atoms with Crippen LogP contribution in [0.1, 0.15) is 25.8 Å². The molecular formula is C27H30N4O6. The van der Waals surface area contributed by atoms with E-state index in [2.05, 4.69) is 20.9 Å². The Morgan fingerprint density at radius 2 is 1.81 bits per heavy atom. The Bertz CT molecular complexity index is 1250. The average molecular weight is 507 g/mol. The summed E-state index contributed by atoms with van der Waals surface area (Å²) in [7, 11) is 1.50. The molecule has 1 aliphatic heterocycles. The Morgan fingerprint density at radius 3 is 2.46 bits per heavy atom. The zero-order valence-corrected chi connectivity index (χ0v) is 21.0. The van der Waals surface area contributed by atoms with E-state index in [1.54, 1.807) is 24.4 Å². The molecule has 0 aliphatic carbocycles. The minimum absolute atomic E-state index is 0.0471. The van der Waals surface area contributed by atoms with Crippen molar-refractivity contribution in [2.24, 2.45) is 5.92 Å². The quantitative estimate of drug-likeness (QED) is 0.399. The van der Waals surface area contributed by atoms with Crippen molar-refractivity contribution >= 4 is 29.1 Å². The summed E-state index contributed by atoms with van der Waals surface area (Å²) in [6, 6.07) is 12.4. The van der Waals surface area contributed by atoms with E-state index < -0.39 is 17.4 Å². The van der Waals surface area contributed by atoms with Gasteiger partial charge in [-0.1, -0.05) is 12.1 Å². The van der Waals surface area contributed by atoms with Crippen LogP contribution < -0.4 is 20.7 Å². The highest BCUT2D eigenvalue weighted by molar-refractivity contribution is 6.39. The van der Waals surface area contributed by atoms with Gasteiger partial charge in [0, 0.05) is 29.6 Å². The Labute approximate surface area is 214 Å². The van der Waals surface area contributed by atoms with E-state index in [4.69, 9.17) is 13.9 Å². The summed E-state index contributed by atoms with van der Waals surface area (Å²) < 4.78 is 16.0. The molecule has 4 rings (SSSR count). The molecule has 2 aromatic carbocycles. The van der Waals surface area contributed by atoms with Crippen LogP contribution in [0.15, 0.2) is 59.5 Å². The van der Waals surface area contributed by atoms with Crippen molar-refractivity contribution in [3.05, 3.63) is 60.6 Å². The predicted octanol–water partition coefficient (Wildman–Crippen LogP) is 3.40. The smallest absolute Gasteiger partial charge is 0.313 e. The highest BCUT2D eigenvalue weighted by atomic mass is 16.5. The van der Waals surface area contributed by atoms with Crippen LogP contribution in [-0.2, 0) is 25.5 Å². The topological polar surface area (TPSA) is 132 Å². The maximum Gasteiger partial charge on any atom is 0.313 e. The Hall–Kier alpha value is -4.18. The molecule has 1 fully saturated rings. The molecule has 10 heteroatoms. The first-order valence-corrected chi connectivity index (χ1v) is 11.9. The van der Waals surface area contributed by atoms with Gasteiger partial charge in [0.25, 0.3) is 0 Å². The van der Waals surface area contributed by atoms with E-state index in [9.17, 15) is 14.4 Å². The van der Waals surface area contributed by atoms with Crippen molar-refractivity contribution < 1.29 is 28.3 Å². The summed E-state index contributed by atoms with van der Waals surface area (Å²) >= 11 is 0. The molecule has 0 spiro atoms. The number of nitrogens with one attached hydrogen (secondary N) is 3. The number of benzene rings is 2. The van der Waals surface area contributed by atoms with Gasteiger partial charge in [0.1, 0.15) is 5.75 Å². The van der Waals surface area contributed by atoms with Crippen LogP contribution in [0.5, 0.6) is 5.75 Å². The molecule has 1 aliphatic rings. The van der Waals surface area contributed by atoms with Gasteiger partial charge in [0.15, 0.2) is 12.2 Å². The van der Waals surface area contributed by atoms with Gasteiger partial charge in [-0.3, -0.25) is 14.4 Å². The second-order valence-electron chi connectivity index (χ2n) is 9.50. The molecular weight excluding hydrogens is 476 g/mol. The number of hydrogen-bond donors (Lipinski definition) is 3. The van der Waals surface area contributed by atoms with Crippen LogP contribution in [0.2, 0.25) is 0 Å². The molecule has 3 amide bonds. The average Bonchev–Trinajstić information content (AvgIpc) is 3.59. The number of nitrogens with zero attached hydrogens (tertiary/aromatic N) is 1. The molecule has 1 atom stereocenters. The standard InChI is InChI=1S/C27H30N4O6/c1-27(2,13-17-4-6-19(7-5-17)29-24(32)18-10-11-36-15-18)31-26(34)25(33)30-20-8-9-21(22(12-20)35-3)23-14-28-16-37-23/h4-9,12,14,16,18H,10-11,13,15H2,1-3H3,(H,29,32)(H,30,33)(H,31,34). The Balaban J connectivity index is 1.31. The van der Waals surface area contributed by atoms with Crippen LogP contribution >= 0.6 is 0 Å². The number of carbonyl (C=O) groups is 3.